The van der Waals surface area contributed by atoms with Crippen molar-refractivity contribution in [2.45, 2.75) is 45.6 Å². The molecular weight excluding hydrogens is 450 g/mol. The van der Waals surface area contributed by atoms with E-state index in [9.17, 15) is 9.59 Å². The highest BCUT2D eigenvalue weighted by molar-refractivity contribution is 5.79. The Morgan fingerprint density at radius 3 is 2.49 bits per heavy atom. The summed E-state index contributed by atoms with van der Waals surface area (Å²) in [5, 5.41) is 7.19. The maximum absolute atomic E-state index is 12.7. The lowest BCUT2D eigenvalue weighted by Crippen LogP contribution is -2.42. The van der Waals surface area contributed by atoms with Crippen LogP contribution in [0, 0.1) is 11.8 Å². The van der Waals surface area contributed by atoms with Crippen LogP contribution >= 0.6 is 0 Å². The monoisotopic (exact) mass is 485 g/mol. The number of carbonyl (C=O) groups excluding carboxylic acids is 2. The Hall–Kier alpha value is -3.30. The summed E-state index contributed by atoms with van der Waals surface area (Å²) in [6, 6.07) is 7.97. The molecule has 3 heterocycles. The van der Waals surface area contributed by atoms with Crippen LogP contribution in [-0.2, 0) is 9.53 Å². The minimum Gasteiger partial charge on any atom is -0.497 e. The Morgan fingerprint density at radius 2 is 1.83 bits per heavy atom. The van der Waals surface area contributed by atoms with Crippen LogP contribution in [0.15, 0.2) is 28.8 Å². The molecule has 0 aliphatic carbocycles. The van der Waals surface area contributed by atoms with Gasteiger partial charge in [-0.3, -0.25) is 4.79 Å². The van der Waals surface area contributed by atoms with E-state index in [-0.39, 0.29) is 23.8 Å². The zero-order valence-electron chi connectivity index (χ0n) is 21.0. The molecule has 2 aliphatic rings. The molecule has 190 valence electrons. The summed E-state index contributed by atoms with van der Waals surface area (Å²) in [6.45, 7) is 8.80. The van der Waals surface area contributed by atoms with Gasteiger partial charge in [-0.25, -0.2) is 4.79 Å². The first-order valence-corrected chi connectivity index (χ1v) is 12.2. The highest BCUT2D eigenvalue weighted by Crippen LogP contribution is 2.26. The van der Waals surface area contributed by atoms with Gasteiger partial charge in [-0.05, 0) is 70.2 Å². The number of likely N-dealkylation sites (tertiary alicyclic amines) is 1. The topological polar surface area (TPSA) is 110 Å². The lowest BCUT2D eigenvalue weighted by atomic mass is 9.96. The summed E-state index contributed by atoms with van der Waals surface area (Å²) in [5.74, 6) is 1.58. The molecule has 0 bridgehead atoms. The fraction of sp³-hybridized carbons (Fsp3) is 0.600. The van der Waals surface area contributed by atoms with Crippen molar-refractivity contribution in [2.75, 3.05) is 44.7 Å². The number of ether oxygens (including phenoxy) is 2. The van der Waals surface area contributed by atoms with Gasteiger partial charge in [0.15, 0.2) is 0 Å². The van der Waals surface area contributed by atoms with Crippen molar-refractivity contribution in [3.8, 4) is 17.1 Å². The van der Waals surface area contributed by atoms with Crippen molar-refractivity contribution in [3.63, 3.8) is 0 Å². The van der Waals surface area contributed by atoms with Crippen molar-refractivity contribution in [2.24, 2.45) is 11.8 Å². The number of nitrogens with zero attached hydrogens (tertiary/aromatic N) is 4. The van der Waals surface area contributed by atoms with Gasteiger partial charge < -0.3 is 29.1 Å². The molecule has 35 heavy (non-hydrogen) atoms. The summed E-state index contributed by atoms with van der Waals surface area (Å²) >= 11 is 0. The number of aromatic nitrogens is 2. The van der Waals surface area contributed by atoms with Gasteiger partial charge in [0.2, 0.25) is 11.7 Å². The van der Waals surface area contributed by atoms with Gasteiger partial charge in [0, 0.05) is 44.2 Å². The predicted molar refractivity (Wildman–Crippen MR) is 130 cm³/mol. The Labute approximate surface area is 205 Å². The molecule has 1 atom stereocenters. The Morgan fingerprint density at radius 1 is 1.11 bits per heavy atom. The van der Waals surface area contributed by atoms with Gasteiger partial charge in [0.25, 0.3) is 0 Å². The molecule has 1 aromatic carbocycles. The third-order valence-electron chi connectivity index (χ3n) is 6.40. The molecule has 10 nitrogen and oxygen atoms in total. The van der Waals surface area contributed by atoms with Gasteiger partial charge in [-0.15, -0.1) is 0 Å². The molecule has 0 unspecified atom stereocenters. The van der Waals surface area contributed by atoms with Gasteiger partial charge in [-0.2, -0.15) is 4.98 Å². The van der Waals surface area contributed by atoms with Crippen molar-refractivity contribution in [1.29, 1.82) is 0 Å². The standard InChI is InChI=1S/C25H35N5O5/c1-25(2,3)34-24(32)30-12-9-17(16-30)15-26-22(31)19-10-13-29(14-11-19)23-27-21(28-35-23)18-5-7-20(33-4)8-6-18/h5-8,17,19H,9-16H2,1-4H3,(H,26,31)/t17-/m0/s1. The van der Waals surface area contributed by atoms with E-state index in [0.29, 0.717) is 44.6 Å². The number of rotatable bonds is 6. The minimum atomic E-state index is -0.503. The number of hydrogen-bond donors (Lipinski definition) is 1. The zero-order chi connectivity index (χ0) is 25.0. The second kappa shape index (κ2) is 10.5. The fourth-order valence-electron chi connectivity index (χ4n) is 4.42. The Kier molecular flexibility index (Phi) is 7.47. The SMILES string of the molecule is COc1ccc(-c2noc(N3CCC(C(=O)NC[C@@H]4CCN(C(=O)OC(C)(C)C)C4)CC3)n2)cc1. The van der Waals surface area contributed by atoms with E-state index in [1.54, 1.807) is 12.0 Å². The third-order valence-corrected chi connectivity index (χ3v) is 6.40. The van der Waals surface area contributed by atoms with Crippen molar-refractivity contribution in [1.82, 2.24) is 20.4 Å². The number of benzene rings is 1. The van der Waals surface area contributed by atoms with Crippen LogP contribution < -0.4 is 15.0 Å². The van der Waals surface area contributed by atoms with Gasteiger partial charge in [0.1, 0.15) is 11.4 Å². The summed E-state index contributed by atoms with van der Waals surface area (Å²) < 4.78 is 16.1. The predicted octanol–water partition coefficient (Wildman–Crippen LogP) is 3.33. The maximum Gasteiger partial charge on any atom is 0.410 e. The average Bonchev–Trinajstić information content (AvgIpc) is 3.52. The highest BCUT2D eigenvalue weighted by Gasteiger charge is 2.31. The second-order valence-corrected chi connectivity index (χ2v) is 10.2. The van der Waals surface area contributed by atoms with Gasteiger partial charge in [0.05, 0.1) is 7.11 Å². The smallest absolute Gasteiger partial charge is 0.410 e. The van der Waals surface area contributed by atoms with Crippen LogP contribution in [0.4, 0.5) is 10.8 Å². The second-order valence-electron chi connectivity index (χ2n) is 10.2. The van der Waals surface area contributed by atoms with E-state index in [0.717, 1.165) is 30.6 Å². The number of hydrogen-bond acceptors (Lipinski definition) is 8. The minimum absolute atomic E-state index is 0.0430. The first-order valence-electron chi connectivity index (χ1n) is 12.2. The molecule has 0 radical (unpaired) electrons. The van der Waals surface area contributed by atoms with E-state index in [1.807, 2.05) is 49.9 Å². The molecule has 1 N–H and O–H groups in total. The average molecular weight is 486 g/mol. The van der Waals surface area contributed by atoms with Crippen molar-refractivity contribution < 1.29 is 23.6 Å². The van der Waals surface area contributed by atoms with Crippen molar-refractivity contribution in [3.05, 3.63) is 24.3 Å². The number of amides is 2. The number of methoxy groups -OCH3 is 1. The summed E-state index contributed by atoms with van der Waals surface area (Å²) in [5.41, 5.74) is 0.351. The van der Waals surface area contributed by atoms with Gasteiger partial charge >= 0.3 is 12.1 Å². The number of nitrogens with one attached hydrogen (secondary N) is 1. The zero-order valence-corrected chi connectivity index (χ0v) is 21.0. The van der Waals surface area contributed by atoms with Crippen LogP contribution in [0.3, 0.4) is 0 Å². The molecule has 0 saturated carbocycles. The normalized spacial score (nSPS) is 19.0. The van der Waals surface area contributed by atoms with E-state index in [2.05, 4.69) is 15.5 Å². The lowest BCUT2D eigenvalue weighted by molar-refractivity contribution is -0.125. The molecular formula is C25H35N5O5. The van der Waals surface area contributed by atoms with Crippen LogP contribution in [0.25, 0.3) is 11.4 Å². The van der Waals surface area contributed by atoms with E-state index >= 15 is 0 Å². The van der Waals surface area contributed by atoms with E-state index in [1.165, 1.54) is 0 Å². The number of anilines is 1. The molecule has 4 rings (SSSR count). The molecule has 2 fully saturated rings. The summed E-state index contributed by atoms with van der Waals surface area (Å²) in [6.07, 6.45) is 2.03. The molecule has 1 aromatic heterocycles. The summed E-state index contributed by atoms with van der Waals surface area (Å²) in [4.78, 5) is 33.3. The van der Waals surface area contributed by atoms with Gasteiger partial charge in [-0.1, -0.05) is 5.16 Å². The summed E-state index contributed by atoms with van der Waals surface area (Å²) in [7, 11) is 1.63. The highest BCUT2D eigenvalue weighted by atomic mass is 16.6. The van der Waals surface area contributed by atoms with Crippen LogP contribution in [0.5, 0.6) is 5.75 Å². The van der Waals surface area contributed by atoms with E-state index < -0.39 is 5.60 Å². The largest absolute Gasteiger partial charge is 0.497 e. The first kappa shape index (κ1) is 24.8. The third kappa shape index (κ3) is 6.43. The first-order chi connectivity index (χ1) is 16.7. The molecule has 2 amide bonds. The van der Waals surface area contributed by atoms with Crippen LogP contribution in [-0.4, -0.2) is 72.5 Å². The number of carbonyl (C=O) groups is 2. The molecule has 2 aromatic rings. The molecule has 2 aliphatic heterocycles. The fourth-order valence-corrected chi connectivity index (χ4v) is 4.42. The Bertz CT molecular complexity index is 1010. The quantitative estimate of drug-likeness (QED) is 0.663. The Balaban J connectivity index is 1.20. The van der Waals surface area contributed by atoms with Crippen LogP contribution in [0.1, 0.15) is 40.0 Å². The molecule has 0 spiro atoms. The number of piperidine rings is 1. The maximum atomic E-state index is 12.7. The lowest BCUT2D eigenvalue weighted by Gasteiger charge is -2.30. The van der Waals surface area contributed by atoms with E-state index in [4.69, 9.17) is 14.0 Å². The molecule has 10 heteroatoms. The van der Waals surface area contributed by atoms with Crippen molar-refractivity contribution >= 4 is 18.0 Å². The van der Waals surface area contributed by atoms with Crippen LogP contribution in [0.2, 0.25) is 0 Å². The molecule has 2 saturated heterocycles.